The number of hydrogen-bond acceptors (Lipinski definition) is 3. The van der Waals surface area contributed by atoms with Crippen LogP contribution in [0.4, 0.5) is 14.5 Å². The van der Waals surface area contributed by atoms with E-state index in [0.29, 0.717) is 0 Å². The Hall–Kier alpha value is -2.70. The van der Waals surface area contributed by atoms with E-state index in [0.717, 1.165) is 13.2 Å². The first-order valence-corrected chi connectivity index (χ1v) is 8.76. The molecule has 1 heterocycles. The molecule has 0 aromatic heterocycles. The zero-order valence-corrected chi connectivity index (χ0v) is 16.2. The molecule has 0 unspecified atom stereocenters. The Bertz CT molecular complexity index is 1040. The maximum absolute atomic E-state index is 14.2. The maximum atomic E-state index is 14.2. The number of halogens is 4. The summed E-state index contributed by atoms with van der Waals surface area (Å²) in [6.07, 6.45) is 1.20. The second-order valence-electron chi connectivity index (χ2n) is 5.88. The highest BCUT2D eigenvalue weighted by molar-refractivity contribution is 6.33. The monoisotopic (exact) mass is 423 g/mol. The number of allylic oxidation sites excluding steroid dienone is 1. The van der Waals surface area contributed by atoms with Crippen molar-refractivity contribution in [1.82, 2.24) is 0 Å². The minimum atomic E-state index is -0.778. The lowest BCUT2D eigenvalue weighted by molar-refractivity contribution is -0.136. The lowest BCUT2D eigenvalue weighted by atomic mass is 10.0. The van der Waals surface area contributed by atoms with Gasteiger partial charge in [0.15, 0.2) is 0 Å². The summed E-state index contributed by atoms with van der Waals surface area (Å²) in [7, 11) is 1.16. The number of esters is 1. The van der Waals surface area contributed by atoms with E-state index in [1.807, 2.05) is 0 Å². The van der Waals surface area contributed by atoms with Crippen molar-refractivity contribution in [3.8, 4) is 0 Å². The molecule has 144 valence electrons. The molecule has 2 aromatic carbocycles. The first-order valence-electron chi connectivity index (χ1n) is 8.01. The zero-order valence-electron chi connectivity index (χ0n) is 14.7. The highest BCUT2D eigenvalue weighted by atomic mass is 35.5. The number of anilines is 1. The van der Waals surface area contributed by atoms with Crippen molar-refractivity contribution in [2.24, 2.45) is 0 Å². The lowest BCUT2D eigenvalue weighted by Crippen LogP contribution is -2.24. The molecule has 0 fully saturated rings. The third kappa shape index (κ3) is 3.41. The Labute approximate surface area is 169 Å². The summed E-state index contributed by atoms with van der Waals surface area (Å²) in [6.45, 7) is 1.52. The molecule has 4 nitrogen and oxygen atoms in total. The van der Waals surface area contributed by atoms with Gasteiger partial charge < -0.3 is 4.74 Å². The van der Waals surface area contributed by atoms with Gasteiger partial charge in [0, 0.05) is 11.3 Å². The van der Waals surface area contributed by atoms with E-state index in [1.165, 1.54) is 48.2 Å². The molecule has 0 saturated carbocycles. The van der Waals surface area contributed by atoms with Gasteiger partial charge in [-0.2, -0.15) is 0 Å². The van der Waals surface area contributed by atoms with Gasteiger partial charge >= 0.3 is 5.97 Å². The van der Waals surface area contributed by atoms with Gasteiger partial charge in [0.05, 0.1) is 34.0 Å². The van der Waals surface area contributed by atoms with Crippen molar-refractivity contribution in [1.29, 1.82) is 0 Å². The lowest BCUT2D eigenvalue weighted by Gasteiger charge is -2.18. The summed E-state index contributed by atoms with van der Waals surface area (Å²) in [5.74, 6) is -2.71. The molecule has 0 bridgehead atoms. The van der Waals surface area contributed by atoms with Crippen LogP contribution in [0.1, 0.15) is 12.5 Å². The smallest absolute Gasteiger partial charge is 0.340 e. The van der Waals surface area contributed by atoms with Crippen LogP contribution in [0.15, 0.2) is 53.2 Å². The Morgan fingerprint density at radius 3 is 2.43 bits per heavy atom. The molecular weight excluding hydrogens is 411 g/mol. The normalized spacial score (nSPS) is 15.6. The number of hydrogen-bond donors (Lipinski definition) is 0. The van der Waals surface area contributed by atoms with Gasteiger partial charge in [-0.3, -0.25) is 9.69 Å². The van der Waals surface area contributed by atoms with Crippen molar-refractivity contribution < 1.29 is 23.1 Å². The van der Waals surface area contributed by atoms with Crippen LogP contribution in [0, 0.1) is 11.6 Å². The average Bonchev–Trinajstić information content (AvgIpc) is 2.90. The minimum absolute atomic E-state index is 0.0410. The molecule has 1 amide bonds. The number of rotatable bonds is 3. The van der Waals surface area contributed by atoms with E-state index in [-0.39, 0.29) is 38.1 Å². The summed E-state index contributed by atoms with van der Waals surface area (Å²) in [5.41, 5.74) is 0.293. The van der Waals surface area contributed by atoms with E-state index in [1.54, 1.807) is 0 Å². The second-order valence-corrected chi connectivity index (χ2v) is 6.70. The average molecular weight is 424 g/mol. The van der Waals surface area contributed by atoms with Crippen molar-refractivity contribution in [3.05, 3.63) is 80.5 Å². The molecule has 2 aromatic rings. The standard InChI is InChI=1S/C20H13Cl2F2NO3/c1-10-18(20(27)28-2)13(9-12-14(21)4-3-5-16(12)23)19(26)25(10)11-6-7-17(24)15(22)8-11/h3-9H,1-2H3/b13-9-. The van der Waals surface area contributed by atoms with Gasteiger partial charge in [0.2, 0.25) is 0 Å². The predicted molar refractivity (Wildman–Crippen MR) is 103 cm³/mol. The van der Waals surface area contributed by atoms with Gasteiger partial charge in [-0.05, 0) is 43.3 Å². The number of ether oxygens (including phenoxy) is 1. The molecule has 8 heteroatoms. The largest absolute Gasteiger partial charge is 0.465 e. The van der Waals surface area contributed by atoms with E-state index in [9.17, 15) is 18.4 Å². The number of methoxy groups -OCH3 is 1. The fourth-order valence-electron chi connectivity index (χ4n) is 2.91. The number of amides is 1. The quantitative estimate of drug-likeness (QED) is 0.506. The molecular formula is C20H13Cl2F2NO3. The summed E-state index contributed by atoms with van der Waals surface area (Å²) >= 11 is 11.9. The maximum Gasteiger partial charge on any atom is 0.340 e. The molecule has 0 atom stereocenters. The number of carbonyl (C=O) groups excluding carboxylic acids is 2. The van der Waals surface area contributed by atoms with E-state index >= 15 is 0 Å². The first-order chi connectivity index (χ1) is 13.3. The van der Waals surface area contributed by atoms with Crippen molar-refractivity contribution in [2.75, 3.05) is 12.0 Å². The van der Waals surface area contributed by atoms with Gasteiger partial charge in [-0.1, -0.05) is 29.3 Å². The SMILES string of the molecule is COC(=O)C1=C(C)N(c2ccc(F)c(Cl)c2)C(=O)/C1=C\c1c(F)cccc1Cl. The number of benzene rings is 2. The molecule has 28 heavy (non-hydrogen) atoms. The van der Waals surface area contributed by atoms with Gasteiger partial charge in [0.1, 0.15) is 11.6 Å². The number of nitrogens with zero attached hydrogens (tertiary/aromatic N) is 1. The second kappa shape index (κ2) is 7.73. The molecule has 0 radical (unpaired) electrons. The van der Waals surface area contributed by atoms with Gasteiger partial charge in [-0.15, -0.1) is 0 Å². The molecule has 0 spiro atoms. The van der Waals surface area contributed by atoms with Crippen LogP contribution in [0.3, 0.4) is 0 Å². The first kappa shape index (κ1) is 20.0. The summed E-state index contributed by atoms with van der Waals surface area (Å²) < 4.78 is 32.5. The summed E-state index contributed by atoms with van der Waals surface area (Å²) in [6, 6.07) is 7.77. The Balaban J connectivity index is 2.21. The molecule has 1 aliphatic heterocycles. The van der Waals surface area contributed by atoms with Crippen LogP contribution in [0.2, 0.25) is 10.0 Å². The summed E-state index contributed by atoms with van der Waals surface area (Å²) in [5, 5.41) is -0.113. The highest BCUT2D eigenvalue weighted by Gasteiger charge is 2.38. The Kier molecular flexibility index (Phi) is 5.54. The molecule has 0 saturated heterocycles. The minimum Gasteiger partial charge on any atom is -0.465 e. The van der Waals surface area contributed by atoms with Crippen LogP contribution in [0.25, 0.3) is 6.08 Å². The number of carbonyl (C=O) groups is 2. The highest BCUT2D eigenvalue weighted by Crippen LogP contribution is 2.37. The van der Waals surface area contributed by atoms with Crippen LogP contribution in [-0.2, 0) is 14.3 Å². The zero-order chi connectivity index (χ0) is 20.6. The van der Waals surface area contributed by atoms with Crippen LogP contribution >= 0.6 is 23.2 Å². The van der Waals surface area contributed by atoms with Crippen LogP contribution in [-0.4, -0.2) is 19.0 Å². The van der Waals surface area contributed by atoms with Crippen LogP contribution in [0.5, 0.6) is 0 Å². The molecule has 3 rings (SSSR count). The van der Waals surface area contributed by atoms with E-state index in [4.69, 9.17) is 27.9 Å². The van der Waals surface area contributed by atoms with Crippen LogP contribution < -0.4 is 4.90 Å². The van der Waals surface area contributed by atoms with Crippen molar-refractivity contribution in [3.63, 3.8) is 0 Å². The van der Waals surface area contributed by atoms with Gasteiger partial charge in [0.25, 0.3) is 5.91 Å². The van der Waals surface area contributed by atoms with E-state index in [2.05, 4.69) is 0 Å². The summed E-state index contributed by atoms with van der Waals surface area (Å²) in [4.78, 5) is 26.6. The molecule has 0 N–H and O–H groups in total. The van der Waals surface area contributed by atoms with Crippen molar-refractivity contribution in [2.45, 2.75) is 6.92 Å². The van der Waals surface area contributed by atoms with Gasteiger partial charge in [-0.25, -0.2) is 13.6 Å². The molecule has 1 aliphatic rings. The van der Waals surface area contributed by atoms with E-state index < -0.39 is 23.5 Å². The third-order valence-electron chi connectivity index (χ3n) is 4.24. The fraction of sp³-hybridized carbons (Fsp3) is 0.100. The van der Waals surface area contributed by atoms with Crippen molar-refractivity contribution >= 4 is 46.8 Å². The third-order valence-corrected chi connectivity index (χ3v) is 4.86. The topological polar surface area (TPSA) is 46.6 Å². The Morgan fingerprint density at radius 1 is 1.11 bits per heavy atom. The Morgan fingerprint density at radius 2 is 1.82 bits per heavy atom. The predicted octanol–water partition coefficient (Wildman–Crippen LogP) is 5.15. The fourth-order valence-corrected chi connectivity index (χ4v) is 3.30. The molecule has 0 aliphatic carbocycles.